The summed E-state index contributed by atoms with van der Waals surface area (Å²) >= 11 is 0. The highest BCUT2D eigenvalue weighted by atomic mass is 16.3. The van der Waals surface area contributed by atoms with Gasteiger partial charge in [-0.3, -0.25) is 0 Å². The number of hydrogen-bond acceptors (Lipinski definition) is 2. The molecule has 21 heavy (non-hydrogen) atoms. The van der Waals surface area contributed by atoms with Gasteiger partial charge in [-0.1, -0.05) is 26.7 Å². The lowest BCUT2D eigenvalue weighted by molar-refractivity contribution is -0.167. The molecule has 0 aromatic rings. The smallest absolute Gasteiger partial charge is 0.0600 e. The van der Waals surface area contributed by atoms with Crippen LogP contribution in [0.5, 0.6) is 0 Å². The van der Waals surface area contributed by atoms with Crippen molar-refractivity contribution in [3.8, 4) is 0 Å². The standard InChI is InChI=1S/C19H32O2/c1-18-9-4-3-5-12(18)6-7-13-14(18)11-16(21)19(2)10-8-15(20)17(13)19/h12-17,20-21H,3-11H2,1-2H3/t12-,13-,14+,15+,16-,17+,18+,19-/m1/s1. The van der Waals surface area contributed by atoms with Gasteiger partial charge in [0.1, 0.15) is 0 Å². The van der Waals surface area contributed by atoms with Crippen molar-refractivity contribution in [3.63, 3.8) is 0 Å². The molecule has 0 unspecified atom stereocenters. The zero-order chi connectivity index (χ0) is 14.8. The molecule has 4 fully saturated rings. The van der Waals surface area contributed by atoms with Crippen LogP contribution in [-0.2, 0) is 0 Å². The van der Waals surface area contributed by atoms with E-state index in [1.54, 1.807) is 0 Å². The van der Waals surface area contributed by atoms with Gasteiger partial charge in [-0.25, -0.2) is 0 Å². The summed E-state index contributed by atoms with van der Waals surface area (Å²) in [6.07, 6.45) is 10.8. The van der Waals surface area contributed by atoms with E-state index in [4.69, 9.17) is 0 Å². The van der Waals surface area contributed by atoms with E-state index >= 15 is 0 Å². The third-order valence-corrected chi connectivity index (χ3v) is 8.52. The highest BCUT2D eigenvalue weighted by molar-refractivity contribution is 5.11. The van der Waals surface area contributed by atoms with Crippen molar-refractivity contribution in [2.24, 2.45) is 34.5 Å². The minimum atomic E-state index is -0.196. The monoisotopic (exact) mass is 292 g/mol. The van der Waals surface area contributed by atoms with Crippen molar-refractivity contribution >= 4 is 0 Å². The van der Waals surface area contributed by atoms with E-state index in [1.807, 2.05) is 0 Å². The molecular formula is C19H32O2. The fourth-order valence-corrected chi connectivity index (χ4v) is 7.27. The molecule has 0 spiro atoms. The molecule has 8 atom stereocenters. The molecule has 0 saturated heterocycles. The second-order valence-corrected chi connectivity index (χ2v) is 9.19. The summed E-state index contributed by atoms with van der Waals surface area (Å²) in [7, 11) is 0. The Labute approximate surface area is 129 Å². The van der Waals surface area contributed by atoms with E-state index in [-0.39, 0.29) is 17.6 Å². The fourth-order valence-electron chi connectivity index (χ4n) is 7.27. The Bertz CT molecular complexity index is 422. The van der Waals surface area contributed by atoms with Crippen molar-refractivity contribution in [2.45, 2.75) is 83.8 Å². The van der Waals surface area contributed by atoms with Crippen molar-refractivity contribution in [1.82, 2.24) is 0 Å². The van der Waals surface area contributed by atoms with E-state index < -0.39 is 0 Å². The molecule has 0 aromatic heterocycles. The summed E-state index contributed by atoms with van der Waals surface area (Å²) in [5, 5.41) is 21.5. The van der Waals surface area contributed by atoms with Crippen molar-refractivity contribution in [1.29, 1.82) is 0 Å². The van der Waals surface area contributed by atoms with E-state index in [0.29, 0.717) is 23.2 Å². The lowest BCUT2D eigenvalue weighted by Crippen LogP contribution is -2.57. The number of rotatable bonds is 0. The van der Waals surface area contributed by atoms with Crippen molar-refractivity contribution in [3.05, 3.63) is 0 Å². The Morgan fingerprint density at radius 3 is 2.48 bits per heavy atom. The van der Waals surface area contributed by atoms with Gasteiger partial charge in [-0.05, 0) is 79.4 Å². The van der Waals surface area contributed by atoms with Crippen LogP contribution in [0.15, 0.2) is 0 Å². The molecule has 4 saturated carbocycles. The van der Waals surface area contributed by atoms with Crippen LogP contribution in [0.3, 0.4) is 0 Å². The number of hydrogen-bond donors (Lipinski definition) is 2. The van der Waals surface area contributed by atoms with Gasteiger partial charge >= 0.3 is 0 Å². The first kappa shape index (κ1) is 14.5. The predicted octanol–water partition coefficient (Wildman–Crippen LogP) is 3.75. The van der Waals surface area contributed by atoms with E-state index in [0.717, 1.165) is 25.2 Å². The molecule has 0 aromatic carbocycles. The molecule has 0 radical (unpaired) electrons. The Morgan fingerprint density at radius 1 is 0.857 bits per heavy atom. The highest BCUT2D eigenvalue weighted by Crippen LogP contribution is 2.66. The Morgan fingerprint density at radius 2 is 1.67 bits per heavy atom. The first-order valence-corrected chi connectivity index (χ1v) is 9.33. The second-order valence-electron chi connectivity index (χ2n) is 9.19. The first-order valence-electron chi connectivity index (χ1n) is 9.33. The number of fused-ring (bicyclic) bond motifs is 5. The average molecular weight is 292 g/mol. The SMILES string of the molecule is C[C@]12CC[C@H](O)[C@@H]1[C@@H]1CC[C@H]3CCCC[C@]3(C)[C@H]1C[C@H]2O. The highest BCUT2D eigenvalue weighted by Gasteiger charge is 2.62. The van der Waals surface area contributed by atoms with Gasteiger partial charge in [0.05, 0.1) is 12.2 Å². The molecular weight excluding hydrogens is 260 g/mol. The molecule has 2 nitrogen and oxygen atoms in total. The van der Waals surface area contributed by atoms with Crippen molar-refractivity contribution < 1.29 is 10.2 Å². The molecule has 4 aliphatic rings. The summed E-state index contributed by atoms with van der Waals surface area (Å²) < 4.78 is 0. The molecule has 2 heteroatoms. The normalized spacial score (nSPS) is 60.0. The van der Waals surface area contributed by atoms with Gasteiger partial charge < -0.3 is 10.2 Å². The Hall–Kier alpha value is -0.0800. The predicted molar refractivity (Wildman–Crippen MR) is 83.7 cm³/mol. The largest absolute Gasteiger partial charge is 0.393 e. The summed E-state index contributed by atoms with van der Waals surface area (Å²) in [5.41, 5.74) is 0.421. The first-order chi connectivity index (χ1) is 9.97. The molecule has 120 valence electrons. The molecule has 0 aliphatic heterocycles. The summed E-state index contributed by atoms with van der Waals surface area (Å²) in [4.78, 5) is 0. The van der Waals surface area contributed by atoms with Crippen LogP contribution in [0.1, 0.15) is 71.6 Å². The molecule has 0 amide bonds. The van der Waals surface area contributed by atoms with Crippen LogP contribution in [0.25, 0.3) is 0 Å². The van der Waals surface area contributed by atoms with Crippen LogP contribution in [-0.4, -0.2) is 22.4 Å². The zero-order valence-electron chi connectivity index (χ0n) is 13.7. The van der Waals surface area contributed by atoms with E-state index in [1.165, 1.54) is 38.5 Å². The Balaban J connectivity index is 1.70. The van der Waals surface area contributed by atoms with Gasteiger partial charge in [-0.15, -0.1) is 0 Å². The third-order valence-electron chi connectivity index (χ3n) is 8.52. The molecule has 0 bridgehead atoms. The van der Waals surface area contributed by atoms with E-state index in [2.05, 4.69) is 13.8 Å². The summed E-state index contributed by atoms with van der Waals surface area (Å²) in [6, 6.07) is 0. The molecule has 4 aliphatic carbocycles. The van der Waals surface area contributed by atoms with Crippen molar-refractivity contribution in [2.75, 3.05) is 0 Å². The maximum atomic E-state index is 10.9. The van der Waals surface area contributed by atoms with Crippen LogP contribution in [0.2, 0.25) is 0 Å². The quantitative estimate of drug-likeness (QED) is 0.714. The summed E-state index contributed by atoms with van der Waals surface area (Å²) in [6.45, 7) is 4.77. The van der Waals surface area contributed by atoms with Crippen LogP contribution < -0.4 is 0 Å². The van der Waals surface area contributed by atoms with Crippen LogP contribution in [0, 0.1) is 34.5 Å². The van der Waals surface area contributed by atoms with Gasteiger partial charge in [0.2, 0.25) is 0 Å². The third kappa shape index (κ3) is 1.84. The maximum Gasteiger partial charge on any atom is 0.0600 e. The van der Waals surface area contributed by atoms with Crippen LogP contribution in [0.4, 0.5) is 0 Å². The van der Waals surface area contributed by atoms with Gasteiger partial charge in [-0.2, -0.15) is 0 Å². The van der Waals surface area contributed by atoms with Gasteiger partial charge in [0.15, 0.2) is 0 Å². The van der Waals surface area contributed by atoms with E-state index in [9.17, 15) is 10.2 Å². The van der Waals surface area contributed by atoms with Gasteiger partial charge in [0, 0.05) is 0 Å². The lowest BCUT2D eigenvalue weighted by Gasteiger charge is -2.61. The van der Waals surface area contributed by atoms with Crippen LogP contribution >= 0.6 is 0 Å². The topological polar surface area (TPSA) is 40.5 Å². The molecule has 2 N–H and O–H groups in total. The lowest BCUT2D eigenvalue weighted by atomic mass is 9.44. The molecule has 0 heterocycles. The Kier molecular flexibility index (Phi) is 3.25. The van der Waals surface area contributed by atoms with Gasteiger partial charge in [0.25, 0.3) is 0 Å². The average Bonchev–Trinajstić information content (AvgIpc) is 2.77. The molecule has 4 rings (SSSR count). The maximum absolute atomic E-state index is 10.9. The fraction of sp³-hybridized carbons (Fsp3) is 1.00. The number of aliphatic hydroxyl groups is 2. The minimum Gasteiger partial charge on any atom is -0.393 e. The number of aliphatic hydroxyl groups excluding tert-OH is 2. The zero-order valence-corrected chi connectivity index (χ0v) is 13.7. The summed E-state index contributed by atoms with van der Waals surface area (Å²) in [5.74, 6) is 2.54. The second kappa shape index (κ2) is 4.71. The minimum absolute atomic E-state index is 0.0154.